The third-order valence-corrected chi connectivity index (χ3v) is 4.88. The van der Waals surface area contributed by atoms with Crippen LogP contribution in [0.1, 0.15) is 27.8 Å². The Morgan fingerprint density at radius 3 is 2.00 bits per heavy atom. The van der Waals surface area contributed by atoms with Crippen LogP contribution < -0.4 is 0 Å². The molecule has 0 nitrogen and oxygen atoms in total. The van der Waals surface area contributed by atoms with E-state index in [1.165, 1.54) is 50.1 Å². The molecule has 0 aliphatic heterocycles. The Kier molecular flexibility index (Phi) is 2.94. The fraction of sp³-hybridized carbons (Fsp3) is 0.182. The zero-order chi connectivity index (χ0) is 15.3. The standard InChI is InChI=1S/C22H20/c1-14-4-8-21-19(10-14)13-20-12-18(7-9-22(20)21)17-6-5-15(2)16(3)11-17/h4-12H,13H2,1-3H3. The Morgan fingerprint density at radius 2 is 1.23 bits per heavy atom. The van der Waals surface area contributed by atoms with Gasteiger partial charge in [-0.3, -0.25) is 0 Å². The molecule has 0 atom stereocenters. The average Bonchev–Trinajstić information content (AvgIpc) is 2.86. The van der Waals surface area contributed by atoms with Crippen molar-refractivity contribution in [2.45, 2.75) is 27.2 Å². The normalized spacial score (nSPS) is 12.1. The Labute approximate surface area is 132 Å². The summed E-state index contributed by atoms with van der Waals surface area (Å²) >= 11 is 0. The maximum absolute atomic E-state index is 2.37. The summed E-state index contributed by atoms with van der Waals surface area (Å²) in [6.45, 7) is 6.52. The van der Waals surface area contributed by atoms with E-state index >= 15 is 0 Å². The van der Waals surface area contributed by atoms with E-state index in [4.69, 9.17) is 0 Å². The van der Waals surface area contributed by atoms with Crippen molar-refractivity contribution in [1.82, 2.24) is 0 Å². The largest absolute Gasteiger partial charge is 0.0587 e. The smallest absolute Gasteiger partial charge is 0.00131 e. The van der Waals surface area contributed by atoms with E-state index in [2.05, 4.69) is 75.4 Å². The second-order valence-electron chi connectivity index (χ2n) is 6.51. The van der Waals surface area contributed by atoms with Gasteiger partial charge in [0.25, 0.3) is 0 Å². The molecule has 0 unspecified atom stereocenters. The predicted molar refractivity (Wildman–Crippen MR) is 94.3 cm³/mol. The molecule has 0 saturated heterocycles. The highest BCUT2D eigenvalue weighted by atomic mass is 14.2. The highest BCUT2D eigenvalue weighted by Crippen LogP contribution is 2.39. The van der Waals surface area contributed by atoms with Gasteiger partial charge in [-0.15, -0.1) is 0 Å². The summed E-state index contributed by atoms with van der Waals surface area (Å²) in [5, 5.41) is 0. The molecule has 0 N–H and O–H groups in total. The number of fused-ring (bicyclic) bond motifs is 3. The third-order valence-electron chi connectivity index (χ3n) is 4.88. The number of rotatable bonds is 1. The molecule has 108 valence electrons. The summed E-state index contributed by atoms with van der Waals surface area (Å²) in [5.74, 6) is 0. The Morgan fingerprint density at radius 1 is 0.591 bits per heavy atom. The van der Waals surface area contributed by atoms with Crippen molar-refractivity contribution in [1.29, 1.82) is 0 Å². The molecule has 0 heterocycles. The van der Waals surface area contributed by atoms with Crippen LogP contribution in [0.25, 0.3) is 22.3 Å². The van der Waals surface area contributed by atoms with Crippen molar-refractivity contribution in [3.05, 3.63) is 82.4 Å². The van der Waals surface area contributed by atoms with Crippen LogP contribution in [0.4, 0.5) is 0 Å². The van der Waals surface area contributed by atoms with Gasteiger partial charge in [-0.1, -0.05) is 60.2 Å². The van der Waals surface area contributed by atoms with E-state index < -0.39 is 0 Å². The van der Waals surface area contributed by atoms with E-state index in [0.29, 0.717) is 0 Å². The second kappa shape index (κ2) is 4.84. The first-order valence-corrected chi connectivity index (χ1v) is 7.92. The molecule has 0 spiro atoms. The molecule has 0 saturated carbocycles. The van der Waals surface area contributed by atoms with E-state index in [1.54, 1.807) is 0 Å². The summed E-state index contributed by atoms with van der Waals surface area (Å²) in [7, 11) is 0. The molecule has 0 fully saturated rings. The third kappa shape index (κ3) is 2.07. The van der Waals surface area contributed by atoms with Gasteiger partial charge in [-0.25, -0.2) is 0 Å². The fourth-order valence-electron chi connectivity index (χ4n) is 3.44. The molecule has 22 heavy (non-hydrogen) atoms. The highest BCUT2D eigenvalue weighted by Gasteiger charge is 2.18. The summed E-state index contributed by atoms with van der Waals surface area (Å²) < 4.78 is 0. The monoisotopic (exact) mass is 284 g/mol. The van der Waals surface area contributed by atoms with Crippen LogP contribution in [-0.2, 0) is 6.42 Å². The Bertz CT molecular complexity index is 885. The molecule has 0 heteroatoms. The van der Waals surface area contributed by atoms with Crippen molar-refractivity contribution in [2.75, 3.05) is 0 Å². The molecule has 0 amide bonds. The molecule has 0 bridgehead atoms. The highest BCUT2D eigenvalue weighted by molar-refractivity contribution is 5.80. The van der Waals surface area contributed by atoms with Crippen LogP contribution in [0.3, 0.4) is 0 Å². The van der Waals surface area contributed by atoms with Crippen LogP contribution in [0, 0.1) is 20.8 Å². The number of hydrogen-bond donors (Lipinski definition) is 0. The lowest BCUT2D eigenvalue weighted by atomic mass is 9.97. The summed E-state index contributed by atoms with van der Waals surface area (Å²) in [6.07, 6.45) is 1.06. The van der Waals surface area contributed by atoms with Crippen LogP contribution >= 0.6 is 0 Å². The van der Waals surface area contributed by atoms with Crippen molar-refractivity contribution >= 4 is 0 Å². The average molecular weight is 284 g/mol. The van der Waals surface area contributed by atoms with E-state index in [9.17, 15) is 0 Å². The van der Waals surface area contributed by atoms with Crippen molar-refractivity contribution < 1.29 is 0 Å². The Balaban J connectivity index is 1.80. The Hall–Kier alpha value is -2.34. The molecule has 1 aliphatic rings. The molecule has 4 rings (SSSR count). The van der Waals surface area contributed by atoms with Gasteiger partial charge in [-0.2, -0.15) is 0 Å². The lowest BCUT2D eigenvalue weighted by Crippen LogP contribution is -1.86. The van der Waals surface area contributed by atoms with Crippen LogP contribution in [0.2, 0.25) is 0 Å². The van der Waals surface area contributed by atoms with Gasteiger partial charge < -0.3 is 0 Å². The number of benzene rings is 3. The molecular formula is C22H20. The quantitative estimate of drug-likeness (QED) is 0.411. The maximum atomic E-state index is 2.37. The number of hydrogen-bond acceptors (Lipinski definition) is 0. The van der Waals surface area contributed by atoms with E-state index in [1.807, 2.05) is 0 Å². The van der Waals surface area contributed by atoms with Crippen molar-refractivity contribution in [3.8, 4) is 22.3 Å². The minimum absolute atomic E-state index is 1.06. The van der Waals surface area contributed by atoms with Gasteiger partial charge in [-0.05, 0) is 71.7 Å². The first-order valence-electron chi connectivity index (χ1n) is 7.92. The minimum atomic E-state index is 1.06. The zero-order valence-electron chi connectivity index (χ0n) is 13.4. The summed E-state index contributed by atoms with van der Waals surface area (Å²) in [6, 6.07) is 20.5. The van der Waals surface area contributed by atoms with Crippen LogP contribution in [-0.4, -0.2) is 0 Å². The van der Waals surface area contributed by atoms with Gasteiger partial charge >= 0.3 is 0 Å². The first-order chi connectivity index (χ1) is 10.6. The summed E-state index contributed by atoms with van der Waals surface area (Å²) in [4.78, 5) is 0. The first kappa shape index (κ1) is 13.3. The lowest BCUT2D eigenvalue weighted by molar-refractivity contribution is 1.25. The van der Waals surface area contributed by atoms with Crippen molar-refractivity contribution in [3.63, 3.8) is 0 Å². The SMILES string of the molecule is Cc1ccc2c(c1)Cc1cc(-c3ccc(C)c(C)c3)ccc1-2. The fourth-order valence-corrected chi connectivity index (χ4v) is 3.44. The molecule has 1 aliphatic carbocycles. The van der Waals surface area contributed by atoms with Gasteiger partial charge in [0.15, 0.2) is 0 Å². The zero-order valence-corrected chi connectivity index (χ0v) is 13.4. The molecule has 3 aromatic carbocycles. The second-order valence-corrected chi connectivity index (χ2v) is 6.51. The van der Waals surface area contributed by atoms with Gasteiger partial charge in [0.05, 0.1) is 0 Å². The van der Waals surface area contributed by atoms with E-state index in [-0.39, 0.29) is 0 Å². The number of aryl methyl sites for hydroxylation is 3. The van der Waals surface area contributed by atoms with Crippen LogP contribution in [0.5, 0.6) is 0 Å². The maximum Gasteiger partial charge on any atom is -0.00131 e. The summed E-state index contributed by atoms with van der Waals surface area (Å²) in [5.41, 5.74) is 12.4. The molecule has 3 aromatic rings. The van der Waals surface area contributed by atoms with Gasteiger partial charge in [0.2, 0.25) is 0 Å². The minimum Gasteiger partial charge on any atom is -0.0587 e. The van der Waals surface area contributed by atoms with E-state index in [0.717, 1.165) is 6.42 Å². The molecular weight excluding hydrogens is 264 g/mol. The van der Waals surface area contributed by atoms with Crippen LogP contribution in [0.15, 0.2) is 54.6 Å². The topological polar surface area (TPSA) is 0 Å². The van der Waals surface area contributed by atoms with Crippen molar-refractivity contribution in [2.24, 2.45) is 0 Å². The van der Waals surface area contributed by atoms with Gasteiger partial charge in [0, 0.05) is 0 Å². The molecule has 0 aromatic heterocycles. The predicted octanol–water partition coefficient (Wildman–Crippen LogP) is 5.85. The van der Waals surface area contributed by atoms with Gasteiger partial charge in [0.1, 0.15) is 0 Å². The lowest BCUT2D eigenvalue weighted by Gasteiger charge is -2.08. The molecule has 0 radical (unpaired) electrons.